The van der Waals surface area contributed by atoms with Gasteiger partial charge in [-0.15, -0.1) is 0 Å². The summed E-state index contributed by atoms with van der Waals surface area (Å²) in [5.74, 6) is 0. The number of anilines is 1. The van der Waals surface area contributed by atoms with Crippen LogP contribution in [0.25, 0.3) is 21.7 Å². The highest BCUT2D eigenvalue weighted by molar-refractivity contribution is 6.06. The van der Waals surface area contributed by atoms with Gasteiger partial charge in [-0.25, -0.2) is 0 Å². The zero-order valence-electron chi connectivity index (χ0n) is 8.14. The van der Waals surface area contributed by atoms with E-state index in [0.29, 0.717) is 0 Å². The first kappa shape index (κ1) is 8.24. The third kappa shape index (κ3) is 1.22. The Hall–Kier alpha value is -2.09. The lowest BCUT2D eigenvalue weighted by Crippen LogP contribution is -1.85. The topological polar surface area (TPSA) is 38.9 Å². The summed E-state index contributed by atoms with van der Waals surface area (Å²) in [6, 6.07) is 14.1. The molecule has 1 aromatic heterocycles. The standard InChI is InChI=1S/C13H10N2/c14-10-5-3-9-4-6-13-11(12(9)8-10)2-1-7-15-13/h1-8H,14H2. The molecule has 0 aliphatic carbocycles. The van der Waals surface area contributed by atoms with E-state index in [1.165, 1.54) is 10.8 Å². The van der Waals surface area contributed by atoms with Crippen LogP contribution in [-0.2, 0) is 0 Å². The molecular formula is C13H10N2. The SMILES string of the molecule is Nc1ccc2ccc3ncccc3c2c1. The van der Waals surface area contributed by atoms with Crippen molar-refractivity contribution >= 4 is 27.4 Å². The van der Waals surface area contributed by atoms with Crippen LogP contribution in [0.3, 0.4) is 0 Å². The Morgan fingerprint density at radius 2 is 1.80 bits per heavy atom. The predicted molar refractivity (Wildman–Crippen MR) is 63.7 cm³/mol. The molecule has 15 heavy (non-hydrogen) atoms. The molecule has 0 saturated carbocycles. The largest absolute Gasteiger partial charge is 0.399 e. The minimum Gasteiger partial charge on any atom is -0.399 e. The molecule has 2 heteroatoms. The number of aromatic nitrogens is 1. The number of benzene rings is 2. The molecule has 0 atom stereocenters. The first-order valence-corrected chi connectivity index (χ1v) is 4.87. The van der Waals surface area contributed by atoms with Crippen molar-refractivity contribution in [3.63, 3.8) is 0 Å². The highest BCUT2D eigenvalue weighted by Crippen LogP contribution is 2.25. The second-order valence-corrected chi connectivity index (χ2v) is 3.62. The summed E-state index contributed by atoms with van der Waals surface area (Å²) >= 11 is 0. The molecule has 0 spiro atoms. The number of nitrogens with two attached hydrogens (primary N) is 1. The quantitative estimate of drug-likeness (QED) is 0.441. The number of nitrogen functional groups attached to an aromatic ring is 1. The van der Waals surface area contributed by atoms with E-state index in [1.807, 2.05) is 30.3 Å². The fraction of sp³-hybridized carbons (Fsp3) is 0. The Morgan fingerprint density at radius 3 is 2.73 bits per heavy atom. The fourth-order valence-corrected chi connectivity index (χ4v) is 1.90. The predicted octanol–water partition coefficient (Wildman–Crippen LogP) is 2.97. The molecule has 3 aromatic rings. The fourth-order valence-electron chi connectivity index (χ4n) is 1.90. The van der Waals surface area contributed by atoms with Crippen molar-refractivity contribution in [1.29, 1.82) is 0 Å². The maximum Gasteiger partial charge on any atom is 0.0708 e. The maximum atomic E-state index is 5.79. The molecule has 2 aromatic carbocycles. The number of fused-ring (bicyclic) bond motifs is 3. The van der Waals surface area contributed by atoms with Gasteiger partial charge in [0, 0.05) is 17.3 Å². The van der Waals surface area contributed by atoms with Gasteiger partial charge in [-0.1, -0.05) is 18.2 Å². The van der Waals surface area contributed by atoms with E-state index in [2.05, 4.69) is 17.1 Å². The van der Waals surface area contributed by atoms with Gasteiger partial charge >= 0.3 is 0 Å². The van der Waals surface area contributed by atoms with Crippen LogP contribution in [0.4, 0.5) is 5.69 Å². The van der Waals surface area contributed by atoms with E-state index in [0.717, 1.165) is 16.6 Å². The Labute approximate surface area is 87.4 Å². The zero-order valence-corrected chi connectivity index (χ0v) is 8.14. The number of rotatable bonds is 0. The summed E-state index contributed by atoms with van der Waals surface area (Å²) in [4.78, 5) is 4.32. The average molecular weight is 194 g/mol. The molecule has 72 valence electrons. The van der Waals surface area contributed by atoms with Gasteiger partial charge in [0.15, 0.2) is 0 Å². The van der Waals surface area contributed by atoms with E-state index < -0.39 is 0 Å². The molecule has 0 bridgehead atoms. The molecule has 0 unspecified atom stereocenters. The maximum absolute atomic E-state index is 5.79. The molecule has 0 aliphatic rings. The minimum absolute atomic E-state index is 0.791. The van der Waals surface area contributed by atoms with Crippen LogP contribution >= 0.6 is 0 Å². The van der Waals surface area contributed by atoms with Crippen LogP contribution in [0, 0.1) is 0 Å². The van der Waals surface area contributed by atoms with Gasteiger partial charge in [0.1, 0.15) is 0 Å². The lowest BCUT2D eigenvalue weighted by atomic mass is 10.0. The molecule has 0 fully saturated rings. The van der Waals surface area contributed by atoms with Gasteiger partial charge in [-0.3, -0.25) is 4.98 Å². The normalized spacial score (nSPS) is 10.9. The molecule has 2 nitrogen and oxygen atoms in total. The minimum atomic E-state index is 0.791. The summed E-state index contributed by atoms with van der Waals surface area (Å²) in [7, 11) is 0. The number of hydrogen-bond acceptors (Lipinski definition) is 2. The highest BCUT2D eigenvalue weighted by atomic mass is 14.6. The summed E-state index contributed by atoms with van der Waals surface area (Å²) in [5, 5.41) is 3.52. The molecule has 1 heterocycles. The van der Waals surface area contributed by atoms with Gasteiger partial charge < -0.3 is 5.73 Å². The van der Waals surface area contributed by atoms with Crippen LogP contribution in [0.5, 0.6) is 0 Å². The summed E-state index contributed by atoms with van der Waals surface area (Å²) in [5.41, 5.74) is 7.59. The van der Waals surface area contributed by atoms with Gasteiger partial charge in [0.2, 0.25) is 0 Å². The first-order valence-electron chi connectivity index (χ1n) is 4.87. The van der Waals surface area contributed by atoms with Gasteiger partial charge in [0.25, 0.3) is 0 Å². The zero-order chi connectivity index (χ0) is 10.3. The van der Waals surface area contributed by atoms with Gasteiger partial charge in [-0.05, 0) is 35.0 Å². The third-order valence-electron chi connectivity index (χ3n) is 2.63. The Bertz CT molecular complexity index is 644. The lowest BCUT2D eigenvalue weighted by Gasteiger charge is -2.03. The molecule has 2 N–H and O–H groups in total. The average Bonchev–Trinajstić information content (AvgIpc) is 2.29. The van der Waals surface area contributed by atoms with E-state index in [4.69, 9.17) is 5.73 Å². The van der Waals surface area contributed by atoms with Crippen molar-refractivity contribution in [1.82, 2.24) is 4.98 Å². The van der Waals surface area contributed by atoms with Crippen LogP contribution in [-0.4, -0.2) is 4.98 Å². The van der Waals surface area contributed by atoms with Crippen LogP contribution in [0.15, 0.2) is 48.7 Å². The molecule has 0 saturated heterocycles. The number of hydrogen-bond donors (Lipinski definition) is 1. The van der Waals surface area contributed by atoms with Crippen molar-refractivity contribution in [3.8, 4) is 0 Å². The number of pyridine rings is 1. The number of nitrogens with zero attached hydrogens (tertiary/aromatic N) is 1. The summed E-state index contributed by atoms with van der Waals surface area (Å²) in [6.07, 6.45) is 1.81. The van der Waals surface area contributed by atoms with E-state index in [9.17, 15) is 0 Å². The van der Waals surface area contributed by atoms with Crippen molar-refractivity contribution in [3.05, 3.63) is 48.7 Å². The van der Waals surface area contributed by atoms with E-state index >= 15 is 0 Å². The second-order valence-electron chi connectivity index (χ2n) is 3.62. The molecule has 3 rings (SSSR count). The Morgan fingerprint density at radius 1 is 0.933 bits per heavy atom. The molecular weight excluding hydrogens is 184 g/mol. The van der Waals surface area contributed by atoms with E-state index in [1.54, 1.807) is 6.20 Å². The second kappa shape index (κ2) is 2.95. The van der Waals surface area contributed by atoms with E-state index in [-0.39, 0.29) is 0 Å². The van der Waals surface area contributed by atoms with Crippen LogP contribution in [0.2, 0.25) is 0 Å². The molecule has 0 radical (unpaired) electrons. The summed E-state index contributed by atoms with van der Waals surface area (Å²) < 4.78 is 0. The first-order chi connectivity index (χ1) is 7.34. The molecule has 0 aliphatic heterocycles. The summed E-state index contributed by atoms with van der Waals surface area (Å²) in [6.45, 7) is 0. The monoisotopic (exact) mass is 194 g/mol. The van der Waals surface area contributed by atoms with Gasteiger partial charge in [-0.2, -0.15) is 0 Å². The van der Waals surface area contributed by atoms with Crippen molar-refractivity contribution in [2.75, 3.05) is 5.73 Å². The lowest BCUT2D eigenvalue weighted by molar-refractivity contribution is 1.42. The van der Waals surface area contributed by atoms with Crippen molar-refractivity contribution < 1.29 is 0 Å². The smallest absolute Gasteiger partial charge is 0.0708 e. The van der Waals surface area contributed by atoms with Crippen molar-refractivity contribution in [2.45, 2.75) is 0 Å². The Balaban J connectivity index is 2.57. The van der Waals surface area contributed by atoms with Crippen LogP contribution in [0.1, 0.15) is 0 Å². The van der Waals surface area contributed by atoms with Crippen molar-refractivity contribution in [2.24, 2.45) is 0 Å². The molecule has 0 amide bonds. The highest BCUT2D eigenvalue weighted by Gasteiger charge is 2.00. The van der Waals surface area contributed by atoms with Gasteiger partial charge in [0.05, 0.1) is 5.52 Å². The Kier molecular flexibility index (Phi) is 1.62. The third-order valence-corrected chi connectivity index (χ3v) is 2.63. The van der Waals surface area contributed by atoms with Crippen LogP contribution < -0.4 is 5.73 Å².